The number of nitrogens with one attached hydrogen (secondary N) is 1. The molecule has 3 aromatic carbocycles. The molecule has 0 saturated carbocycles. The molecule has 3 rings (SSSR count). The number of hydrogen-bond donors (Lipinski definition) is 1. The Morgan fingerprint density at radius 3 is 2.32 bits per heavy atom. The number of ether oxygens (including phenoxy) is 1. The molecule has 0 fully saturated rings. The molecule has 0 aromatic heterocycles. The van der Waals surface area contributed by atoms with Gasteiger partial charge in [0.1, 0.15) is 11.6 Å². The summed E-state index contributed by atoms with van der Waals surface area (Å²) < 4.78 is 19.7. The van der Waals surface area contributed by atoms with Crippen LogP contribution in [-0.2, 0) is 0 Å². The van der Waals surface area contributed by atoms with Crippen molar-refractivity contribution in [1.29, 1.82) is 0 Å². The van der Waals surface area contributed by atoms with E-state index in [1.54, 1.807) is 24.3 Å². The smallest absolute Gasteiger partial charge is 0.258 e. The summed E-state index contributed by atoms with van der Waals surface area (Å²) >= 11 is 11.7. The van der Waals surface area contributed by atoms with Crippen LogP contribution in [-0.4, -0.2) is 5.91 Å². The van der Waals surface area contributed by atoms with Gasteiger partial charge in [-0.15, -0.1) is 0 Å². The van der Waals surface area contributed by atoms with Gasteiger partial charge in [0.2, 0.25) is 0 Å². The number of para-hydroxylation sites is 1. The summed E-state index contributed by atoms with van der Waals surface area (Å²) in [5.74, 6) is -0.358. The van der Waals surface area contributed by atoms with Crippen molar-refractivity contribution >= 4 is 34.8 Å². The Morgan fingerprint density at radius 1 is 0.920 bits per heavy atom. The highest BCUT2D eigenvalue weighted by molar-refractivity contribution is 6.31. The Hall–Kier alpha value is -2.56. The van der Waals surface area contributed by atoms with Crippen molar-refractivity contribution in [3.8, 4) is 11.5 Å². The van der Waals surface area contributed by atoms with Crippen LogP contribution >= 0.6 is 23.2 Å². The van der Waals surface area contributed by atoms with Crippen molar-refractivity contribution in [3.05, 3.63) is 88.2 Å². The van der Waals surface area contributed by atoms with Crippen molar-refractivity contribution in [2.24, 2.45) is 0 Å². The maximum absolute atomic E-state index is 13.9. The molecule has 3 nitrogen and oxygen atoms in total. The number of benzene rings is 3. The van der Waals surface area contributed by atoms with Gasteiger partial charge in [0.15, 0.2) is 5.75 Å². The molecule has 0 aliphatic carbocycles. The molecule has 6 heteroatoms. The topological polar surface area (TPSA) is 38.3 Å². The first-order chi connectivity index (χ1) is 12.0. The molecule has 0 aliphatic rings. The zero-order valence-electron chi connectivity index (χ0n) is 12.8. The van der Waals surface area contributed by atoms with Crippen molar-refractivity contribution in [3.63, 3.8) is 0 Å². The summed E-state index contributed by atoms with van der Waals surface area (Å²) in [6, 6.07) is 17.7. The molecule has 0 heterocycles. The van der Waals surface area contributed by atoms with E-state index in [4.69, 9.17) is 27.9 Å². The quantitative estimate of drug-likeness (QED) is 0.591. The first-order valence-corrected chi connectivity index (χ1v) is 8.07. The first kappa shape index (κ1) is 17.3. The highest BCUT2D eigenvalue weighted by Gasteiger charge is 2.15. The van der Waals surface area contributed by atoms with E-state index in [2.05, 4.69) is 5.32 Å². The molecule has 1 N–H and O–H groups in total. The monoisotopic (exact) mass is 375 g/mol. The van der Waals surface area contributed by atoms with Crippen molar-refractivity contribution in [2.45, 2.75) is 0 Å². The highest BCUT2D eigenvalue weighted by Crippen LogP contribution is 2.32. The number of carbonyl (C=O) groups excluding carboxylic acids is 1. The molecule has 3 aromatic rings. The average Bonchev–Trinajstić information content (AvgIpc) is 2.58. The fraction of sp³-hybridized carbons (Fsp3) is 0. The molecule has 0 saturated heterocycles. The Labute approximate surface area is 154 Å². The summed E-state index contributed by atoms with van der Waals surface area (Å²) in [5.41, 5.74) is 0.200. The maximum atomic E-state index is 13.9. The zero-order chi connectivity index (χ0) is 17.8. The third kappa shape index (κ3) is 4.29. The Balaban J connectivity index is 1.88. The number of anilines is 1. The summed E-state index contributed by atoms with van der Waals surface area (Å²) in [7, 11) is 0. The molecule has 0 unspecified atom stereocenters. The fourth-order valence-corrected chi connectivity index (χ4v) is 2.50. The van der Waals surface area contributed by atoms with Crippen LogP contribution in [0.3, 0.4) is 0 Å². The van der Waals surface area contributed by atoms with Crippen LogP contribution in [0, 0.1) is 5.82 Å². The SMILES string of the molecule is O=C(Nc1cc(Cl)ccc1Oc1ccccc1)c1ccc(Cl)cc1F. The normalized spacial score (nSPS) is 10.4. The van der Waals surface area contributed by atoms with Crippen LogP contribution in [0.1, 0.15) is 10.4 Å². The van der Waals surface area contributed by atoms with Crippen LogP contribution in [0.2, 0.25) is 10.0 Å². The van der Waals surface area contributed by atoms with Crippen molar-refractivity contribution in [1.82, 2.24) is 0 Å². The summed E-state index contributed by atoms with van der Waals surface area (Å²) in [6.45, 7) is 0. The van der Waals surface area contributed by atoms with Gasteiger partial charge in [-0.1, -0.05) is 41.4 Å². The second kappa shape index (κ2) is 7.55. The van der Waals surface area contributed by atoms with Gasteiger partial charge in [0.25, 0.3) is 5.91 Å². The van der Waals surface area contributed by atoms with E-state index in [1.807, 2.05) is 18.2 Å². The van der Waals surface area contributed by atoms with E-state index in [0.717, 1.165) is 6.07 Å². The first-order valence-electron chi connectivity index (χ1n) is 7.32. The van der Waals surface area contributed by atoms with Crippen molar-refractivity contribution < 1.29 is 13.9 Å². The van der Waals surface area contributed by atoms with Gasteiger partial charge in [0, 0.05) is 10.0 Å². The minimum atomic E-state index is -0.711. The van der Waals surface area contributed by atoms with E-state index in [1.165, 1.54) is 18.2 Å². The van der Waals surface area contributed by atoms with E-state index >= 15 is 0 Å². The highest BCUT2D eigenvalue weighted by atomic mass is 35.5. The number of carbonyl (C=O) groups is 1. The average molecular weight is 376 g/mol. The van der Waals surface area contributed by atoms with Gasteiger partial charge in [-0.25, -0.2) is 4.39 Å². The largest absolute Gasteiger partial charge is 0.455 e. The Kier molecular flexibility index (Phi) is 5.22. The van der Waals surface area contributed by atoms with Crippen LogP contribution in [0.4, 0.5) is 10.1 Å². The predicted octanol–water partition coefficient (Wildman–Crippen LogP) is 6.18. The standard InChI is InChI=1S/C19H12Cl2FNO2/c20-12-6-8-15(16(22)10-12)19(24)23-17-11-13(21)7-9-18(17)25-14-4-2-1-3-5-14/h1-11H,(H,23,24). The lowest BCUT2D eigenvalue weighted by Gasteiger charge is -2.13. The second-order valence-corrected chi connectivity index (χ2v) is 6.01. The lowest BCUT2D eigenvalue weighted by molar-refractivity contribution is 0.102. The van der Waals surface area contributed by atoms with Gasteiger partial charge in [-0.3, -0.25) is 4.79 Å². The third-order valence-corrected chi connectivity index (χ3v) is 3.81. The molecule has 0 bridgehead atoms. The van der Waals surface area contributed by atoms with Crippen LogP contribution in [0.15, 0.2) is 66.7 Å². The number of halogens is 3. The molecule has 0 atom stereocenters. The number of hydrogen-bond acceptors (Lipinski definition) is 2. The summed E-state index contributed by atoms with van der Waals surface area (Å²) in [6.07, 6.45) is 0. The molecule has 0 aliphatic heterocycles. The maximum Gasteiger partial charge on any atom is 0.258 e. The molecule has 0 spiro atoms. The molecule has 25 heavy (non-hydrogen) atoms. The molecular weight excluding hydrogens is 364 g/mol. The van der Waals surface area contributed by atoms with E-state index in [0.29, 0.717) is 22.2 Å². The van der Waals surface area contributed by atoms with Crippen molar-refractivity contribution in [2.75, 3.05) is 5.32 Å². The van der Waals surface area contributed by atoms with Crippen LogP contribution in [0.25, 0.3) is 0 Å². The number of amides is 1. The predicted molar refractivity (Wildman–Crippen MR) is 97.3 cm³/mol. The minimum Gasteiger partial charge on any atom is -0.455 e. The molecule has 126 valence electrons. The minimum absolute atomic E-state index is 0.130. The lowest BCUT2D eigenvalue weighted by atomic mass is 10.2. The third-order valence-electron chi connectivity index (χ3n) is 3.34. The Morgan fingerprint density at radius 2 is 1.60 bits per heavy atom. The van der Waals surface area contributed by atoms with E-state index < -0.39 is 11.7 Å². The number of rotatable bonds is 4. The zero-order valence-corrected chi connectivity index (χ0v) is 14.3. The van der Waals surface area contributed by atoms with Gasteiger partial charge in [-0.2, -0.15) is 0 Å². The molecule has 1 amide bonds. The van der Waals surface area contributed by atoms with Gasteiger partial charge in [-0.05, 0) is 48.5 Å². The van der Waals surface area contributed by atoms with E-state index in [9.17, 15) is 9.18 Å². The summed E-state index contributed by atoms with van der Waals surface area (Å²) in [5, 5.41) is 3.24. The van der Waals surface area contributed by atoms with Crippen LogP contribution < -0.4 is 10.1 Å². The van der Waals surface area contributed by atoms with Crippen LogP contribution in [0.5, 0.6) is 11.5 Å². The lowest BCUT2D eigenvalue weighted by Crippen LogP contribution is -2.14. The summed E-state index contributed by atoms with van der Waals surface area (Å²) in [4.78, 5) is 12.4. The van der Waals surface area contributed by atoms with Gasteiger partial charge >= 0.3 is 0 Å². The fourth-order valence-electron chi connectivity index (χ4n) is 2.17. The van der Waals surface area contributed by atoms with Gasteiger partial charge < -0.3 is 10.1 Å². The van der Waals surface area contributed by atoms with Gasteiger partial charge in [0.05, 0.1) is 11.3 Å². The second-order valence-electron chi connectivity index (χ2n) is 5.13. The van der Waals surface area contributed by atoms with E-state index in [-0.39, 0.29) is 10.6 Å². The molecule has 0 radical (unpaired) electrons. The Bertz CT molecular complexity index is 917. The molecular formula is C19H12Cl2FNO2.